The topological polar surface area (TPSA) is 105 Å². The zero-order valence-electron chi connectivity index (χ0n) is 27.6. The SMILES string of the molecule is COc1cc2c(Oc3ccc(NC(=O)NN4C(=O)CSC4c4c(F)cccc4F)cc3)ccnc2cc1OCCCN1CC(C)CC(C)C1. The number of rotatable bonds is 11. The third kappa shape index (κ3) is 8.16. The molecular weight excluding hydrogens is 652 g/mol. The van der Waals surface area contributed by atoms with Gasteiger partial charge in [0.1, 0.15) is 28.5 Å². The first kappa shape index (κ1) is 34.3. The van der Waals surface area contributed by atoms with Crippen molar-refractivity contribution in [3.8, 4) is 23.0 Å². The lowest BCUT2D eigenvalue weighted by atomic mass is 9.92. The number of halogens is 2. The lowest BCUT2D eigenvalue weighted by molar-refractivity contribution is -0.130. The van der Waals surface area contributed by atoms with Gasteiger partial charge in [-0.3, -0.25) is 9.78 Å². The van der Waals surface area contributed by atoms with Crippen LogP contribution in [0.25, 0.3) is 10.9 Å². The number of carbonyl (C=O) groups is 2. The third-order valence-electron chi connectivity index (χ3n) is 8.48. The van der Waals surface area contributed by atoms with E-state index in [0.717, 1.165) is 72.2 Å². The number of thioether (sulfide) groups is 1. The predicted octanol–water partition coefficient (Wildman–Crippen LogP) is 7.37. The molecule has 13 heteroatoms. The van der Waals surface area contributed by atoms with Crippen molar-refractivity contribution in [3.63, 3.8) is 0 Å². The molecule has 3 unspecified atom stereocenters. The van der Waals surface area contributed by atoms with Gasteiger partial charge in [0.05, 0.1) is 30.5 Å². The highest BCUT2D eigenvalue weighted by atomic mass is 32.2. The highest BCUT2D eigenvalue weighted by Crippen LogP contribution is 2.40. The minimum atomic E-state index is -1.04. The summed E-state index contributed by atoms with van der Waals surface area (Å²) in [5.74, 6) is 1.58. The van der Waals surface area contributed by atoms with Gasteiger partial charge in [0.2, 0.25) is 0 Å². The normalized spacial score (nSPS) is 19.6. The fourth-order valence-electron chi connectivity index (χ4n) is 6.44. The summed E-state index contributed by atoms with van der Waals surface area (Å²) in [6.07, 6.45) is 3.86. The summed E-state index contributed by atoms with van der Waals surface area (Å²) in [5, 5.41) is 3.27. The number of nitrogens with one attached hydrogen (secondary N) is 2. The molecule has 3 atom stereocenters. The molecule has 3 heterocycles. The van der Waals surface area contributed by atoms with E-state index in [0.29, 0.717) is 40.8 Å². The van der Waals surface area contributed by atoms with Crippen LogP contribution in [0.5, 0.6) is 23.0 Å². The van der Waals surface area contributed by atoms with Crippen LogP contribution in [0.1, 0.15) is 37.6 Å². The number of urea groups is 1. The van der Waals surface area contributed by atoms with E-state index in [2.05, 4.69) is 34.5 Å². The Balaban J connectivity index is 1.06. The van der Waals surface area contributed by atoms with E-state index in [1.165, 1.54) is 12.5 Å². The van der Waals surface area contributed by atoms with Gasteiger partial charge in [0.15, 0.2) is 11.5 Å². The summed E-state index contributed by atoms with van der Waals surface area (Å²) in [7, 11) is 1.60. The first-order chi connectivity index (χ1) is 23.7. The molecule has 0 saturated carbocycles. The molecule has 6 rings (SSSR count). The zero-order chi connectivity index (χ0) is 34.5. The number of benzene rings is 3. The van der Waals surface area contributed by atoms with E-state index in [1.54, 1.807) is 43.6 Å². The maximum absolute atomic E-state index is 14.4. The average Bonchev–Trinajstić information content (AvgIpc) is 3.41. The van der Waals surface area contributed by atoms with E-state index in [-0.39, 0.29) is 11.3 Å². The minimum Gasteiger partial charge on any atom is -0.493 e. The molecule has 2 fully saturated rings. The fraction of sp³-hybridized carbons (Fsp3) is 0.361. The molecule has 258 valence electrons. The maximum Gasteiger partial charge on any atom is 0.338 e. The van der Waals surface area contributed by atoms with Crippen molar-refractivity contribution in [1.29, 1.82) is 0 Å². The lowest BCUT2D eigenvalue weighted by Gasteiger charge is -2.34. The van der Waals surface area contributed by atoms with Gasteiger partial charge in [0.25, 0.3) is 5.91 Å². The number of ether oxygens (including phenoxy) is 3. The molecule has 2 aliphatic rings. The number of hydrogen-bond donors (Lipinski definition) is 2. The molecule has 3 amide bonds. The molecule has 2 aliphatic heterocycles. The lowest BCUT2D eigenvalue weighted by Crippen LogP contribution is -2.46. The molecule has 0 bridgehead atoms. The number of hydrazine groups is 1. The first-order valence-corrected chi connectivity index (χ1v) is 17.3. The molecule has 10 nitrogen and oxygen atoms in total. The quantitative estimate of drug-likeness (QED) is 0.157. The van der Waals surface area contributed by atoms with Crippen molar-refractivity contribution in [1.82, 2.24) is 20.3 Å². The molecule has 4 aromatic rings. The summed E-state index contributed by atoms with van der Waals surface area (Å²) >= 11 is 1.02. The maximum atomic E-state index is 14.4. The van der Waals surface area contributed by atoms with Crippen LogP contribution < -0.4 is 25.0 Å². The molecular formula is C36H39F2N5O5S. The Bertz CT molecular complexity index is 1780. The second-order valence-electron chi connectivity index (χ2n) is 12.5. The fourth-order valence-corrected chi connectivity index (χ4v) is 7.59. The molecule has 1 aromatic heterocycles. The van der Waals surface area contributed by atoms with Crippen molar-refractivity contribution in [3.05, 3.63) is 84.1 Å². The minimum absolute atomic E-state index is 0.0353. The predicted molar refractivity (Wildman–Crippen MR) is 185 cm³/mol. The Morgan fingerprint density at radius 1 is 1.00 bits per heavy atom. The molecule has 0 radical (unpaired) electrons. The number of amides is 3. The molecule has 0 spiro atoms. The Labute approximate surface area is 288 Å². The van der Waals surface area contributed by atoms with Gasteiger partial charge in [0, 0.05) is 43.0 Å². The third-order valence-corrected chi connectivity index (χ3v) is 9.66. The largest absolute Gasteiger partial charge is 0.493 e. The van der Waals surface area contributed by atoms with Crippen LogP contribution in [0, 0.1) is 23.5 Å². The van der Waals surface area contributed by atoms with Crippen LogP contribution in [-0.2, 0) is 4.79 Å². The van der Waals surface area contributed by atoms with Gasteiger partial charge >= 0.3 is 6.03 Å². The van der Waals surface area contributed by atoms with Gasteiger partial charge in [-0.1, -0.05) is 19.9 Å². The van der Waals surface area contributed by atoms with E-state index < -0.39 is 28.9 Å². The number of anilines is 1. The Morgan fingerprint density at radius 2 is 1.73 bits per heavy atom. The van der Waals surface area contributed by atoms with Crippen molar-refractivity contribution in [2.24, 2.45) is 11.8 Å². The van der Waals surface area contributed by atoms with Crippen molar-refractivity contribution in [2.75, 3.05) is 44.4 Å². The monoisotopic (exact) mass is 691 g/mol. The van der Waals surface area contributed by atoms with Gasteiger partial charge in [-0.05, 0) is 73.2 Å². The smallest absolute Gasteiger partial charge is 0.338 e. The van der Waals surface area contributed by atoms with E-state index in [1.807, 2.05) is 12.1 Å². The van der Waals surface area contributed by atoms with E-state index >= 15 is 0 Å². The van der Waals surface area contributed by atoms with Crippen LogP contribution in [0.2, 0.25) is 0 Å². The Kier molecular flexibility index (Phi) is 10.7. The second-order valence-corrected chi connectivity index (χ2v) is 13.6. The standard InChI is InChI=1S/C36H39F2N5O5S/c1-22-16-23(2)20-42(19-22)14-5-15-47-32-18-29-26(17-31(32)46-3)30(12-13-39-29)48-25-10-8-24(9-11-25)40-36(45)41-43-33(44)21-49-35(43)34-27(37)6-4-7-28(34)38/h4,6-13,17-18,22-23,35H,5,14-16,19-21H2,1-3H3,(H2,40,41,45). The highest BCUT2D eigenvalue weighted by molar-refractivity contribution is 8.00. The molecule has 2 N–H and O–H groups in total. The average molecular weight is 692 g/mol. The van der Waals surface area contributed by atoms with Crippen molar-refractivity contribution in [2.45, 2.75) is 32.1 Å². The van der Waals surface area contributed by atoms with Gasteiger partial charge in [-0.2, -0.15) is 0 Å². The number of piperidine rings is 1. The Hall–Kier alpha value is -4.62. The number of aromatic nitrogens is 1. The van der Waals surface area contributed by atoms with Gasteiger partial charge in [-0.25, -0.2) is 24.0 Å². The molecule has 0 aliphatic carbocycles. The Morgan fingerprint density at radius 3 is 2.45 bits per heavy atom. The van der Waals surface area contributed by atoms with Crippen LogP contribution in [0.3, 0.4) is 0 Å². The summed E-state index contributed by atoms with van der Waals surface area (Å²) in [5.41, 5.74) is 3.22. The number of fused-ring (bicyclic) bond motifs is 1. The summed E-state index contributed by atoms with van der Waals surface area (Å²) in [6.45, 7) is 8.45. The first-order valence-electron chi connectivity index (χ1n) is 16.2. The van der Waals surface area contributed by atoms with Crippen molar-refractivity contribution < 1.29 is 32.6 Å². The van der Waals surface area contributed by atoms with Crippen LogP contribution in [0.15, 0.2) is 66.9 Å². The highest BCUT2D eigenvalue weighted by Gasteiger charge is 2.37. The van der Waals surface area contributed by atoms with E-state index in [9.17, 15) is 18.4 Å². The number of nitrogens with zero attached hydrogens (tertiary/aromatic N) is 3. The van der Waals surface area contributed by atoms with E-state index in [4.69, 9.17) is 14.2 Å². The molecule has 2 saturated heterocycles. The van der Waals surface area contributed by atoms with Crippen LogP contribution >= 0.6 is 11.8 Å². The number of hydrogen-bond acceptors (Lipinski definition) is 8. The number of carbonyl (C=O) groups excluding carboxylic acids is 2. The van der Waals surface area contributed by atoms with Gasteiger partial charge in [-0.15, -0.1) is 11.8 Å². The zero-order valence-corrected chi connectivity index (χ0v) is 28.4. The second kappa shape index (κ2) is 15.3. The summed E-state index contributed by atoms with van der Waals surface area (Å²) in [4.78, 5) is 32.3. The van der Waals surface area contributed by atoms with Crippen LogP contribution in [0.4, 0.5) is 19.3 Å². The summed E-state index contributed by atoms with van der Waals surface area (Å²) < 4.78 is 46.8. The number of pyridine rings is 1. The summed E-state index contributed by atoms with van der Waals surface area (Å²) in [6, 6.07) is 14.8. The molecule has 49 heavy (non-hydrogen) atoms. The number of methoxy groups -OCH3 is 1. The number of likely N-dealkylation sites (tertiary alicyclic amines) is 1. The van der Waals surface area contributed by atoms with Gasteiger partial charge < -0.3 is 24.4 Å². The van der Waals surface area contributed by atoms with Crippen LogP contribution in [-0.4, -0.2) is 65.9 Å². The molecule has 3 aromatic carbocycles. The van der Waals surface area contributed by atoms with Crippen molar-refractivity contribution >= 4 is 40.3 Å².